The number of fused-ring (bicyclic) bond motifs is 1. The second kappa shape index (κ2) is 9.91. The van der Waals surface area contributed by atoms with E-state index in [-0.39, 0.29) is 0 Å². The summed E-state index contributed by atoms with van der Waals surface area (Å²) in [5.41, 5.74) is 3.50. The van der Waals surface area contributed by atoms with Gasteiger partial charge in [0.15, 0.2) is 0 Å². The van der Waals surface area contributed by atoms with Gasteiger partial charge in [0.25, 0.3) is 0 Å². The monoisotopic (exact) mass is 412 g/mol. The first-order chi connectivity index (χ1) is 12.8. The predicted molar refractivity (Wildman–Crippen MR) is 115 cm³/mol. The molecule has 0 radical (unpaired) electrons. The Balaban J connectivity index is 1.68. The van der Waals surface area contributed by atoms with E-state index in [4.69, 9.17) is 4.98 Å². The third-order valence-corrected chi connectivity index (χ3v) is 5.47. The minimum absolute atomic E-state index is 1.04. The summed E-state index contributed by atoms with van der Waals surface area (Å²) in [5, 5.41) is 0. The zero-order valence-electron chi connectivity index (χ0n) is 15.8. The molecule has 1 aromatic heterocycles. The topological polar surface area (TPSA) is 17.8 Å². The molecule has 0 aliphatic rings. The first-order valence-electron chi connectivity index (χ1n) is 10.0. The molecule has 138 valence electrons. The molecule has 3 heteroatoms. The van der Waals surface area contributed by atoms with E-state index >= 15 is 0 Å². The van der Waals surface area contributed by atoms with Crippen LogP contribution in [0, 0.1) is 0 Å². The second-order valence-electron chi connectivity index (χ2n) is 7.06. The molecule has 3 aromatic rings. The molecule has 0 unspecified atom stereocenters. The summed E-state index contributed by atoms with van der Waals surface area (Å²) in [6, 6.07) is 16.9. The SMILES string of the molecule is CCCCCCCCCCn1c(-c2cccc(Br)c2)nc2ccccc21. The maximum atomic E-state index is 4.91. The zero-order valence-corrected chi connectivity index (χ0v) is 17.3. The molecule has 0 amide bonds. The fourth-order valence-corrected chi connectivity index (χ4v) is 3.95. The van der Waals surface area contributed by atoms with Gasteiger partial charge in [-0.3, -0.25) is 0 Å². The molecular formula is C23H29BrN2. The maximum Gasteiger partial charge on any atom is 0.141 e. The number of hydrogen-bond donors (Lipinski definition) is 0. The van der Waals surface area contributed by atoms with Crippen molar-refractivity contribution in [3.05, 3.63) is 53.0 Å². The molecule has 2 nitrogen and oxygen atoms in total. The van der Waals surface area contributed by atoms with Crippen LogP contribution >= 0.6 is 15.9 Å². The van der Waals surface area contributed by atoms with E-state index in [1.165, 1.54) is 62.4 Å². The number of aromatic nitrogens is 2. The Morgan fingerprint density at radius 1 is 0.846 bits per heavy atom. The van der Waals surface area contributed by atoms with Crippen LogP contribution in [-0.2, 0) is 6.54 Å². The number of hydrogen-bond acceptors (Lipinski definition) is 1. The largest absolute Gasteiger partial charge is 0.324 e. The summed E-state index contributed by atoms with van der Waals surface area (Å²) in [4.78, 5) is 4.91. The van der Waals surface area contributed by atoms with Crippen molar-refractivity contribution < 1.29 is 0 Å². The average molecular weight is 413 g/mol. The highest BCUT2D eigenvalue weighted by Gasteiger charge is 2.12. The normalized spacial score (nSPS) is 11.3. The third-order valence-electron chi connectivity index (χ3n) is 4.97. The highest BCUT2D eigenvalue weighted by Crippen LogP contribution is 2.27. The van der Waals surface area contributed by atoms with Gasteiger partial charge in [0, 0.05) is 16.6 Å². The van der Waals surface area contributed by atoms with Gasteiger partial charge in [-0.05, 0) is 30.7 Å². The van der Waals surface area contributed by atoms with Crippen molar-refractivity contribution >= 4 is 27.0 Å². The Hall–Kier alpha value is -1.61. The van der Waals surface area contributed by atoms with Crippen molar-refractivity contribution in [1.29, 1.82) is 0 Å². The lowest BCUT2D eigenvalue weighted by Gasteiger charge is -2.10. The van der Waals surface area contributed by atoms with Crippen LogP contribution in [0.15, 0.2) is 53.0 Å². The standard InChI is InChI=1S/C23H29BrN2/c1-2-3-4-5-6-7-8-11-17-26-22-16-10-9-15-21(22)25-23(26)19-13-12-14-20(24)18-19/h9-10,12-16,18H,2-8,11,17H2,1H3. The van der Waals surface area contributed by atoms with E-state index in [0.717, 1.165) is 22.4 Å². The number of rotatable bonds is 10. The fourth-order valence-electron chi connectivity index (χ4n) is 3.55. The first-order valence-corrected chi connectivity index (χ1v) is 10.8. The van der Waals surface area contributed by atoms with E-state index in [1.54, 1.807) is 0 Å². The van der Waals surface area contributed by atoms with Gasteiger partial charge < -0.3 is 4.57 Å². The molecule has 26 heavy (non-hydrogen) atoms. The van der Waals surface area contributed by atoms with Crippen LogP contribution in [-0.4, -0.2) is 9.55 Å². The van der Waals surface area contributed by atoms with Gasteiger partial charge in [-0.1, -0.05) is 92.1 Å². The van der Waals surface area contributed by atoms with Gasteiger partial charge in [0.2, 0.25) is 0 Å². The first kappa shape index (κ1) is 19.2. The van der Waals surface area contributed by atoms with Crippen molar-refractivity contribution in [2.24, 2.45) is 0 Å². The molecule has 3 rings (SSSR count). The summed E-state index contributed by atoms with van der Waals surface area (Å²) in [5.74, 6) is 1.08. The van der Waals surface area contributed by atoms with Gasteiger partial charge in [-0.15, -0.1) is 0 Å². The maximum absolute atomic E-state index is 4.91. The van der Waals surface area contributed by atoms with E-state index in [2.05, 4.69) is 76.0 Å². The molecule has 0 fully saturated rings. The number of aryl methyl sites for hydroxylation is 1. The minimum Gasteiger partial charge on any atom is -0.324 e. The van der Waals surface area contributed by atoms with Gasteiger partial charge in [0.05, 0.1) is 11.0 Å². The van der Waals surface area contributed by atoms with Crippen LogP contribution in [0.1, 0.15) is 58.3 Å². The molecular weight excluding hydrogens is 384 g/mol. The van der Waals surface area contributed by atoms with E-state index < -0.39 is 0 Å². The Bertz CT molecular complexity index is 822. The van der Waals surface area contributed by atoms with Crippen molar-refractivity contribution in [1.82, 2.24) is 9.55 Å². The predicted octanol–water partition coefficient (Wildman–Crippen LogP) is 7.61. The van der Waals surface area contributed by atoms with E-state index in [1.807, 2.05) is 0 Å². The summed E-state index contributed by atoms with van der Waals surface area (Å²) < 4.78 is 3.49. The fraction of sp³-hybridized carbons (Fsp3) is 0.435. The molecule has 1 heterocycles. The minimum atomic E-state index is 1.04. The zero-order chi connectivity index (χ0) is 18.2. The molecule has 0 bridgehead atoms. The number of para-hydroxylation sites is 2. The van der Waals surface area contributed by atoms with Crippen LogP contribution in [0.5, 0.6) is 0 Å². The van der Waals surface area contributed by atoms with Crippen LogP contribution in [0.3, 0.4) is 0 Å². The number of imidazole rings is 1. The Labute approximate surface area is 165 Å². The number of halogens is 1. The van der Waals surface area contributed by atoms with Crippen molar-refractivity contribution in [3.63, 3.8) is 0 Å². The van der Waals surface area contributed by atoms with Crippen molar-refractivity contribution in [3.8, 4) is 11.4 Å². The molecule has 0 aliphatic carbocycles. The second-order valence-corrected chi connectivity index (χ2v) is 7.98. The quantitative estimate of drug-likeness (QED) is 0.313. The summed E-state index contributed by atoms with van der Waals surface area (Å²) in [7, 11) is 0. The van der Waals surface area contributed by atoms with Crippen LogP contribution in [0.25, 0.3) is 22.4 Å². The Morgan fingerprint density at radius 3 is 2.35 bits per heavy atom. The van der Waals surface area contributed by atoms with Gasteiger partial charge in [-0.2, -0.15) is 0 Å². The molecule has 2 aromatic carbocycles. The molecule has 0 saturated carbocycles. The summed E-state index contributed by atoms with van der Waals surface area (Å²) >= 11 is 3.59. The highest BCUT2D eigenvalue weighted by molar-refractivity contribution is 9.10. The smallest absolute Gasteiger partial charge is 0.141 e. The van der Waals surface area contributed by atoms with Crippen molar-refractivity contribution in [2.45, 2.75) is 64.8 Å². The summed E-state index contributed by atoms with van der Waals surface area (Å²) in [6.07, 6.45) is 10.8. The van der Waals surface area contributed by atoms with Gasteiger partial charge in [-0.25, -0.2) is 4.98 Å². The molecule has 0 N–H and O–H groups in total. The number of benzene rings is 2. The van der Waals surface area contributed by atoms with Gasteiger partial charge in [0.1, 0.15) is 5.82 Å². The van der Waals surface area contributed by atoms with Crippen LogP contribution < -0.4 is 0 Å². The molecule has 0 aliphatic heterocycles. The Kier molecular flexibility index (Phi) is 7.31. The lowest BCUT2D eigenvalue weighted by Crippen LogP contribution is -2.01. The summed E-state index contributed by atoms with van der Waals surface area (Å²) in [6.45, 7) is 3.32. The molecule has 0 atom stereocenters. The lowest BCUT2D eigenvalue weighted by atomic mass is 10.1. The highest BCUT2D eigenvalue weighted by atomic mass is 79.9. The molecule has 0 spiro atoms. The van der Waals surface area contributed by atoms with Gasteiger partial charge >= 0.3 is 0 Å². The number of nitrogens with zero attached hydrogens (tertiary/aromatic N) is 2. The van der Waals surface area contributed by atoms with E-state index in [0.29, 0.717) is 0 Å². The lowest BCUT2D eigenvalue weighted by molar-refractivity contribution is 0.549. The number of unbranched alkanes of at least 4 members (excludes halogenated alkanes) is 7. The third kappa shape index (κ3) is 4.97. The average Bonchev–Trinajstić information content (AvgIpc) is 3.03. The molecule has 0 saturated heterocycles. The van der Waals surface area contributed by atoms with E-state index in [9.17, 15) is 0 Å². The van der Waals surface area contributed by atoms with Crippen molar-refractivity contribution in [2.75, 3.05) is 0 Å². The van der Waals surface area contributed by atoms with Crippen LogP contribution in [0.4, 0.5) is 0 Å². The van der Waals surface area contributed by atoms with Crippen LogP contribution in [0.2, 0.25) is 0 Å². The Morgan fingerprint density at radius 2 is 1.58 bits per heavy atom.